The van der Waals surface area contributed by atoms with Crippen molar-refractivity contribution in [3.63, 3.8) is 0 Å². The van der Waals surface area contributed by atoms with Crippen LogP contribution in [0.25, 0.3) is 0 Å². The zero-order valence-corrected chi connectivity index (χ0v) is 11.0. The van der Waals surface area contributed by atoms with Gasteiger partial charge >= 0.3 is 5.97 Å². The molecule has 0 bridgehead atoms. The summed E-state index contributed by atoms with van der Waals surface area (Å²) in [4.78, 5) is 13.1. The summed E-state index contributed by atoms with van der Waals surface area (Å²) in [6.45, 7) is 2.26. The molecule has 1 aromatic heterocycles. The molecule has 0 saturated carbocycles. The van der Waals surface area contributed by atoms with Crippen LogP contribution in [0.1, 0.15) is 31.2 Å². The molecule has 2 heterocycles. The average Bonchev–Trinajstić information content (AvgIpc) is 2.79. The minimum Gasteiger partial charge on any atom is -0.481 e. The number of carboxylic acids is 1. The first-order chi connectivity index (χ1) is 9.19. The first kappa shape index (κ1) is 14.0. The number of nitrogens with zero attached hydrogens (tertiary/aromatic N) is 3. The Morgan fingerprint density at radius 3 is 3.05 bits per heavy atom. The zero-order chi connectivity index (χ0) is 13.7. The van der Waals surface area contributed by atoms with Crippen molar-refractivity contribution in [2.75, 3.05) is 13.2 Å². The highest BCUT2D eigenvalue weighted by Crippen LogP contribution is 2.21. The van der Waals surface area contributed by atoms with Crippen molar-refractivity contribution in [2.45, 2.75) is 44.8 Å². The van der Waals surface area contributed by atoms with Gasteiger partial charge in [-0.1, -0.05) is 6.42 Å². The summed E-state index contributed by atoms with van der Waals surface area (Å²) in [5.41, 5.74) is 1.07. The Hall–Kier alpha value is -1.40. The van der Waals surface area contributed by atoms with Crippen molar-refractivity contribution in [1.29, 1.82) is 0 Å². The van der Waals surface area contributed by atoms with Crippen LogP contribution >= 0.6 is 0 Å². The van der Waals surface area contributed by atoms with Crippen molar-refractivity contribution in [1.82, 2.24) is 14.7 Å². The molecule has 6 nitrogen and oxygen atoms in total. The van der Waals surface area contributed by atoms with Gasteiger partial charge in [-0.15, -0.1) is 0 Å². The zero-order valence-electron chi connectivity index (χ0n) is 11.0. The molecular weight excluding hydrogens is 246 g/mol. The lowest BCUT2D eigenvalue weighted by molar-refractivity contribution is -0.138. The molecule has 0 spiro atoms. The monoisotopic (exact) mass is 267 g/mol. The molecule has 1 aromatic rings. The molecule has 1 fully saturated rings. The minimum atomic E-state index is -0.729. The molecular formula is C13H21N3O3. The summed E-state index contributed by atoms with van der Waals surface area (Å²) in [6.07, 6.45) is 7.12. The number of aromatic nitrogens is 2. The maximum Gasteiger partial charge on any atom is 0.304 e. The molecule has 1 atom stereocenters. The highest BCUT2D eigenvalue weighted by atomic mass is 16.4. The van der Waals surface area contributed by atoms with Crippen molar-refractivity contribution < 1.29 is 15.0 Å². The number of piperidine rings is 1. The van der Waals surface area contributed by atoms with Crippen LogP contribution in [0, 0.1) is 0 Å². The predicted molar refractivity (Wildman–Crippen MR) is 69.6 cm³/mol. The van der Waals surface area contributed by atoms with E-state index < -0.39 is 5.97 Å². The van der Waals surface area contributed by atoms with E-state index in [2.05, 4.69) is 10.00 Å². The van der Waals surface area contributed by atoms with Gasteiger partial charge in [0.1, 0.15) is 0 Å². The van der Waals surface area contributed by atoms with E-state index in [1.165, 1.54) is 0 Å². The summed E-state index contributed by atoms with van der Waals surface area (Å²) in [5.74, 6) is -0.729. The number of rotatable bonds is 6. The molecule has 19 heavy (non-hydrogen) atoms. The van der Waals surface area contributed by atoms with Crippen LogP contribution in [0.4, 0.5) is 0 Å². The Balaban J connectivity index is 1.95. The topological polar surface area (TPSA) is 78.6 Å². The molecule has 2 N–H and O–H groups in total. The SMILES string of the molecule is O=C(O)CC1CCCCN1Cc1cnn(CCO)c1. The summed E-state index contributed by atoms with van der Waals surface area (Å²) >= 11 is 0. The number of aliphatic carboxylic acids is 1. The van der Waals surface area contributed by atoms with E-state index in [1.54, 1.807) is 10.9 Å². The summed E-state index contributed by atoms with van der Waals surface area (Å²) in [6, 6.07) is 0.132. The molecule has 1 saturated heterocycles. The summed E-state index contributed by atoms with van der Waals surface area (Å²) in [7, 11) is 0. The molecule has 2 rings (SSSR count). The predicted octanol–water partition coefficient (Wildman–Crippen LogP) is 0.705. The van der Waals surface area contributed by atoms with Gasteiger partial charge in [0.2, 0.25) is 0 Å². The molecule has 0 aromatic carbocycles. The van der Waals surface area contributed by atoms with Gasteiger partial charge in [0.15, 0.2) is 0 Å². The molecule has 106 valence electrons. The quantitative estimate of drug-likeness (QED) is 0.793. The van der Waals surface area contributed by atoms with E-state index in [0.717, 1.165) is 37.9 Å². The third-order valence-electron chi connectivity index (χ3n) is 3.56. The second-order valence-corrected chi connectivity index (χ2v) is 5.05. The molecule has 1 aliphatic heterocycles. The number of aliphatic hydroxyl groups is 1. The number of carboxylic acid groups (broad SMARTS) is 1. The minimum absolute atomic E-state index is 0.0759. The third-order valence-corrected chi connectivity index (χ3v) is 3.56. The number of likely N-dealkylation sites (tertiary alicyclic amines) is 1. The van der Waals surface area contributed by atoms with E-state index in [-0.39, 0.29) is 19.1 Å². The van der Waals surface area contributed by atoms with E-state index >= 15 is 0 Å². The normalized spacial score (nSPS) is 20.6. The van der Waals surface area contributed by atoms with E-state index in [1.807, 2.05) is 6.20 Å². The fourth-order valence-corrected chi connectivity index (χ4v) is 2.65. The van der Waals surface area contributed by atoms with Crippen LogP contribution in [-0.2, 0) is 17.9 Å². The lowest BCUT2D eigenvalue weighted by Crippen LogP contribution is -2.40. The van der Waals surface area contributed by atoms with Gasteiger partial charge in [0, 0.05) is 24.3 Å². The molecule has 0 aliphatic carbocycles. The van der Waals surface area contributed by atoms with Gasteiger partial charge in [0.05, 0.1) is 25.8 Å². The van der Waals surface area contributed by atoms with Gasteiger partial charge < -0.3 is 10.2 Å². The number of hydrogen-bond acceptors (Lipinski definition) is 4. The Morgan fingerprint density at radius 1 is 1.47 bits per heavy atom. The molecule has 6 heteroatoms. The van der Waals surface area contributed by atoms with E-state index in [0.29, 0.717) is 6.54 Å². The second kappa shape index (κ2) is 6.68. The Morgan fingerprint density at radius 2 is 2.32 bits per heavy atom. The van der Waals surface area contributed by atoms with E-state index in [4.69, 9.17) is 10.2 Å². The second-order valence-electron chi connectivity index (χ2n) is 5.05. The fourth-order valence-electron chi connectivity index (χ4n) is 2.65. The average molecular weight is 267 g/mol. The van der Waals surface area contributed by atoms with Crippen molar-refractivity contribution in [2.24, 2.45) is 0 Å². The number of hydrogen-bond donors (Lipinski definition) is 2. The first-order valence-electron chi connectivity index (χ1n) is 6.77. The Kier molecular flexibility index (Phi) is 4.93. The van der Waals surface area contributed by atoms with Crippen molar-refractivity contribution in [3.05, 3.63) is 18.0 Å². The van der Waals surface area contributed by atoms with Crippen LogP contribution in [0.5, 0.6) is 0 Å². The van der Waals surface area contributed by atoms with Crippen molar-refractivity contribution >= 4 is 5.97 Å². The third kappa shape index (κ3) is 4.04. The van der Waals surface area contributed by atoms with Crippen molar-refractivity contribution in [3.8, 4) is 0 Å². The lowest BCUT2D eigenvalue weighted by Gasteiger charge is -2.34. The molecule has 1 unspecified atom stereocenters. The molecule has 0 amide bonds. The molecule has 1 aliphatic rings. The summed E-state index contributed by atoms with van der Waals surface area (Å²) in [5, 5.41) is 22.0. The van der Waals surface area contributed by atoms with Crippen LogP contribution in [0.15, 0.2) is 12.4 Å². The highest BCUT2D eigenvalue weighted by Gasteiger charge is 2.24. The maximum atomic E-state index is 10.9. The fraction of sp³-hybridized carbons (Fsp3) is 0.692. The molecule has 0 radical (unpaired) electrons. The largest absolute Gasteiger partial charge is 0.481 e. The summed E-state index contributed by atoms with van der Waals surface area (Å²) < 4.78 is 1.71. The van der Waals surface area contributed by atoms with Crippen LogP contribution in [0.2, 0.25) is 0 Å². The lowest BCUT2D eigenvalue weighted by atomic mass is 9.99. The smallest absolute Gasteiger partial charge is 0.304 e. The van der Waals surface area contributed by atoms with Gasteiger partial charge in [-0.25, -0.2) is 0 Å². The van der Waals surface area contributed by atoms with Gasteiger partial charge in [0.25, 0.3) is 0 Å². The standard InChI is InChI=1S/C13H21N3O3/c17-6-5-16-10-11(8-14-16)9-15-4-2-1-3-12(15)7-13(18)19/h8,10,12,17H,1-7,9H2,(H,18,19). The Labute approximate surface area is 112 Å². The van der Waals surface area contributed by atoms with Gasteiger partial charge in [-0.3, -0.25) is 14.4 Å². The Bertz CT molecular complexity index is 419. The number of carbonyl (C=O) groups is 1. The maximum absolute atomic E-state index is 10.9. The first-order valence-corrected chi connectivity index (χ1v) is 6.77. The van der Waals surface area contributed by atoms with Gasteiger partial charge in [-0.2, -0.15) is 5.10 Å². The van der Waals surface area contributed by atoms with Crippen LogP contribution < -0.4 is 0 Å². The van der Waals surface area contributed by atoms with E-state index in [9.17, 15) is 4.79 Å². The van der Waals surface area contributed by atoms with Crippen LogP contribution in [-0.4, -0.2) is 50.1 Å². The van der Waals surface area contributed by atoms with Gasteiger partial charge in [-0.05, 0) is 19.4 Å². The number of aliphatic hydroxyl groups excluding tert-OH is 1. The van der Waals surface area contributed by atoms with Crippen LogP contribution in [0.3, 0.4) is 0 Å². The highest BCUT2D eigenvalue weighted by molar-refractivity contribution is 5.67.